The van der Waals surface area contributed by atoms with Crippen LogP contribution >= 0.6 is 23.2 Å². The zero-order valence-corrected chi connectivity index (χ0v) is 21.9. The number of nitrogens with one attached hydrogen (secondary N) is 3. The Morgan fingerprint density at radius 2 is 1.68 bits per heavy atom. The van der Waals surface area contributed by atoms with Crippen molar-refractivity contribution < 1.29 is 14.3 Å². The van der Waals surface area contributed by atoms with Gasteiger partial charge in [0.25, 0.3) is 5.91 Å². The van der Waals surface area contributed by atoms with Crippen LogP contribution in [0.3, 0.4) is 0 Å². The van der Waals surface area contributed by atoms with Crippen molar-refractivity contribution in [2.24, 2.45) is 0 Å². The number of carbonyl (C=O) groups excluding carboxylic acids is 2. The lowest BCUT2D eigenvalue weighted by molar-refractivity contribution is 0.0958. The fraction of sp³-hybridized carbons (Fsp3) is 0.185. The van der Waals surface area contributed by atoms with Gasteiger partial charge < -0.3 is 15.4 Å². The molecule has 0 atom stereocenters. The zero-order chi connectivity index (χ0) is 26.6. The third-order valence-corrected chi connectivity index (χ3v) is 6.56. The summed E-state index contributed by atoms with van der Waals surface area (Å²) in [4.78, 5) is 28.7. The second-order valence-corrected chi connectivity index (χ2v) is 9.66. The Kier molecular flexibility index (Phi) is 7.48. The number of nitrogens with zero attached hydrogens (tertiary/aromatic N) is 3. The number of anilines is 2. The number of aromatic nitrogens is 3. The number of halogens is 2. The SMILES string of the molecule is CNC(=O)c1cc(Oc2ccc(NC(=O)Nc3cc(C4CCC4)nn3-c3cc(Cl)cc(Cl)c3)cc2)ccn1. The minimum atomic E-state index is -0.433. The van der Waals surface area contributed by atoms with E-state index in [9.17, 15) is 9.59 Å². The molecule has 1 aliphatic carbocycles. The largest absolute Gasteiger partial charge is 0.457 e. The minimum Gasteiger partial charge on any atom is -0.457 e. The Bertz CT molecular complexity index is 1460. The second-order valence-electron chi connectivity index (χ2n) is 8.78. The fourth-order valence-electron chi connectivity index (χ4n) is 4.00. The van der Waals surface area contributed by atoms with Crippen LogP contribution in [0, 0.1) is 0 Å². The summed E-state index contributed by atoms with van der Waals surface area (Å²) in [7, 11) is 1.54. The maximum atomic E-state index is 12.9. The lowest BCUT2D eigenvalue weighted by atomic mass is 9.83. The number of pyridine rings is 1. The van der Waals surface area contributed by atoms with Crippen LogP contribution in [0.5, 0.6) is 11.5 Å². The number of benzene rings is 2. The molecule has 0 saturated heterocycles. The maximum Gasteiger partial charge on any atom is 0.324 e. The maximum absolute atomic E-state index is 12.9. The number of amides is 3. The predicted molar refractivity (Wildman–Crippen MR) is 147 cm³/mol. The van der Waals surface area contributed by atoms with Gasteiger partial charge in [-0.05, 0) is 61.4 Å². The van der Waals surface area contributed by atoms with Crippen LogP contribution in [0.4, 0.5) is 16.3 Å². The summed E-state index contributed by atoms with van der Waals surface area (Å²) in [5.74, 6) is 1.57. The summed E-state index contributed by atoms with van der Waals surface area (Å²) in [5, 5.41) is 13.9. The summed E-state index contributed by atoms with van der Waals surface area (Å²) in [6.45, 7) is 0. The molecule has 1 aliphatic rings. The van der Waals surface area contributed by atoms with Gasteiger partial charge in [0.2, 0.25) is 0 Å². The first-order valence-corrected chi connectivity index (χ1v) is 12.7. The monoisotopic (exact) mass is 550 g/mol. The van der Waals surface area contributed by atoms with Gasteiger partial charge in [-0.2, -0.15) is 5.10 Å². The Balaban J connectivity index is 1.28. The van der Waals surface area contributed by atoms with E-state index < -0.39 is 6.03 Å². The second kappa shape index (κ2) is 11.1. The van der Waals surface area contributed by atoms with Crippen molar-refractivity contribution in [1.82, 2.24) is 20.1 Å². The highest BCUT2D eigenvalue weighted by Crippen LogP contribution is 2.37. The Morgan fingerprint density at radius 3 is 2.34 bits per heavy atom. The van der Waals surface area contributed by atoms with E-state index in [0.717, 1.165) is 18.5 Å². The molecule has 1 fully saturated rings. The number of rotatable bonds is 7. The molecule has 0 radical (unpaired) electrons. The minimum absolute atomic E-state index is 0.250. The van der Waals surface area contributed by atoms with Gasteiger partial charge >= 0.3 is 6.03 Å². The van der Waals surface area contributed by atoms with Crippen LogP contribution in [-0.4, -0.2) is 33.8 Å². The molecule has 2 aromatic carbocycles. The van der Waals surface area contributed by atoms with E-state index in [2.05, 4.69) is 20.9 Å². The van der Waals surface area contributed by atoms with Crippen LogP contribution in [0.2, 0.25) is 10.0 Å². The Morgan fingerprint density at radius 1 is 0.947 bits per heavy atom. The molecule has 0 aliphatic heterocycles. The fourth-order valence-corrected chi connectivity index (χ4v) is 4.51. The molecule has 5 rings (SSSR count). The number of hydrogen-bond donors (Lipinski definition) is 3. The number of carbonyl (C=O) groups is 2. The molecule has 11 heteroatoms. The van der Waals surface area contributed by atoms with Gasteiger partial charge in [0.1, 0.15) is 23.0 Å². The molecule has 3 amide bonds. The molecule has 3 N–H and O–H groups in total. The highest BCUT2D eigenvalue weighted by atomic mass is 35.5. The first kappa shape index (κ1) is 25.6. The van der Waals surface area contributed by atoms with Gasteiger partial charge in [0, 0.05) is 47.0 Å². The average molecular weight is 551 g/mol. The van der Waals surface area contributed by atoms with E-state index in [4.69, 9.17) is 33.0 Å². The summed E-state index contributed by atoms with van der Waals surface area (Å²) in [6, 6.07) is 16.6. The molecule has 4 aromatic rings. The predicted octanol–water partition coefficient (Wildman–Crippen LogP) is 6.64. The van der Waals surface area contributed by atoms with Gasteiger partial charge in [0.05, 0.1) is 11.4 Å². The molecule has 0 bridgehead atoms. The molecular formula is C27H24Cl2N6O3. The average Bonchev–Trinajstić information content (AvgIpc) is 3.26. The van der Waals surface area contributed by atoms with Crippen molar-refractivity contribution in [3.63, 3.8) is 0 Å². The summed E-state index contributed by atoms with van der Waals surface area (Å²) in [6.07, 6.45) is 4.80. The van der Waals surface area contributed by atoms with E-state index in [0.29, 0.717) is 44.7 Å². The van der Waals surface area contributed by atoms with Crippen LogP contribution in [0.25, 0.3) is 5.69 Å². The topological polar surface area (TPSA) is 110 Å². The molecule has 2 aromatic heterocycles. The molecule has 0 unspecified atom stereocenters. The molecule has 9 nitrogen and oxygen atoms in total. The van der Waals surface area contributed by atoms with Crippen molar-refractivity contribution in [2.75, 3.05) is 17.7 Å². The molecule has 38 heavy (non-hydrogen) atoms. The third kappa shape index (κ3) is 5.90. The molecule has 1 saturated carbocycles. The first-order valence-electron chi connectivity index (χ1n) is 12.0. The van der Waals surface area contributed by atoms with E-state index in [1.54, 1.807) is 59.3 Å². The zero-order valence-electron chi connectivity index (χ0n) is 20.4. The van der Waals surface area contributed by atoms with E-state index in [1.165, 1.54) is 19.7 Å². The van der Waals surface area contributed by atoms with Crippen LogP contribution < -0.4 is 20.7 Å². The van der Waals surface area contributed by atoms with Gasteiger partial charge in [-0.3, -0.25) is 15.1 Å². The summed E-state index contributed by atoms with van der Waals surface area (Å²) >= 11 is 12.4. The van der Waals surface area contributed by atoms with E-state index in [-0.39, 0.29) is 11.6 Å². The Labute approximate surface area is 229 Å². The highest BCUT2D eigenvalue weighted by molar-refractivity contribution is 6.34. The van der Waals surface area contributed by atoms with Crippen molar-refractivity contribution in [3.8, 4) is 17.2 Å². The van der Waals surface area contributed by atoms with Crippen LogP contribution in [0.1, 0.15) is 41.4 Å². The number of ether oxygens (including phenoxy) is 1. The van der Waals surface area contributed by atoms with Crippen molar-refractivity contribution in [3.05, 3.63) is 88.3 Å². The van der Waals surface area contributed by atoms with Crippen molar-refractivity contribution >= 4 is 46.6 Å². The van der Waals surface area contributed by atoms with Gasteiger partial charge in [-0.15, -0.1) is 0 Å². The van der Waals surface area contributed by atoms with E-state index >= 15 is 0 Å². The highest BCUT2D eigenvalue weighted by Gasteiger charge is 2.24. The smallest absolute Gasteiger partial charge is 0.324 e. The summed E-state index contributed by atoms with van der Waals surface area (Å²) in [5.41, 5.74) is 2.38. The quantitative estimate of drug-likeness (QED) is 0.239. The van der Waals surface area contributed by atoms with Crippen LogP contribution in [-0.2, 0) is 0 Å². The standard InChI is InChI=1S/C27H24Cl2N6O3/c1-30-26(36)24-14-22(9-10-31-24)38-21-7-5-19(6-8-21)32-27(37)33-25-15-23(16-3-2-4-16)34-35(25)20-12-17(28)11-18(29)13-20/h5-16H,2-4H2,1H3,(H,30,36)(H2,32,33,37). The van der Waals surface area contributed by atoms with Gasteiger partial charge in [0.15, 0.2) is 0 Å². The molecular weight excluding hydrogens is 527 g/mol. The molecule has 194 valence electrons. The normalized spacial score (nSPS) is 12.9. The van der Waals surface area contributed by atoms with Gasteiger partial charge in [-0.1, -0.05) is 29.6 Å². The third-order valence-electron chi connectivity index (χ3n) is 6.12. The molecule has 2 heterocycles. The van der Waals surface area contributed by atoms with Crippen LogP contribution in [0.15, 0.2) is 66.9 Å². The van der Waals surface area contributed by atoms with Crippen molar-refractivity contribution in [1.29, 1.82) is 0 Å². The summed E-state index contributed by atoms with van der Waals surface area (Å²) < 4.78 is 7.46. The van der Waals surface area contributed by atoms with E-state index in [1.807, 2.05) is 6.07 Å². The number of hydrogen-bond acceptors (Lipinski definition) is 5. The lowest BCUT2D eigenvalue weighted by Gasteiger charge is -2.22. The lowest BCUT2D eigenvalue weighted by Crippen LogP contribution is -2.21. The van der Waals surface area contributed by atoms with Gasteiger partial charge in [-0.25, -0.2) is 9.48 Å². The first-order chi connectivity index (χ1) is 18.4. The van der Waals surface area contributed by atoms with Crippen molar-refractivity contribution in [2.45, 2.75) is 25.2 Å². The number of urea groups is 1. The molecule has 0 spiro atoms. The Hall–Kier alpha value is -4.08.